The van der Waals surface area contributed by atoms with Gasteiger partial charge in [0, 0.05) is 73.1 Å². The maximum atomic E-state index is 12.9. The van der Waals surface area contributed by atoms with Crippen molar-refractivity contribution in [2.75, 3.05) is 51.2 Å². The van der Waals surface area contributed by atoms with Gasteiger partial charge in [0.05, 0.1) is 12.6 Å². The summed E-state index contributed by atoms with van der Waals surface area (Å²) in [5.41, 5.74) is 3.88. The van der Waals surface area contributed by atoms with Crippen molar-refractivity contribution in [3.05, 3.63) is 51.8 Å². The molecule has 7 nitrogen and oxygen atoms in total. The molecule has 166 valence electrons. The maximum absolute atomic E-state index is 12.9. The molecule has 1 amide bonds. The standard InChI is InChI=1S/C25H28N4O3/c30-22(15-29-10-8-28(9-11-29)14-17-4-2-12-32-17)26-20-6-7-21-24-19(20)13-16-3-1-5-18(23(16)24)25(31)27-21/h1,3,5-7,17H,2,4,8-15H2,(H,26,30)(H,27,31). The molecular formula is C25H28N4O3. The summed E-state index contributed by atoms with van der Waals surface area (Å²) in [6.45, 7) is 6.07. The molecule has 0 radical (unpaired) electrons. The first kappa shape index (κ1) is 19.9. The summed E-state index contributed by atoms with van der Waals surface area (Å²) < 4.78 is 5.76. The van der Waals surface area contributed by atoms with Gasteiger partial charge in [-0.2, -0.15) is 0 Å². The van der Waals surface area contributed by atoms with Crippen LogP contribution in [0, 0.1) is 0 Å². The molecule has 0 spiro atoms. The normalized spacial score (nSPS) is 21.2. The molecule has 1 aliphatic carbocycles. The van der Waals surface area contributed by atoms with Gasteiger partial charge in [-0.1, -0.05) is 12.1 Å². The minimum absolute atomic E-state index is 0.0183. The van der Waals surface area contributed by atoms with E-state index in [-0.39, 0.29) is 11.5 Å². The molecule has 2 fully saturated rings. The smallest absolute Gasteiger partial charge is 0.256 e. The summed E-state index contributed by atoms with van der Waals surface area (Å²) in [6.07, 6.45) is 3.46. The van der Waals surface area contributed by atoms with Gasteiger partial charge in [0.1, 0.15) is 0 Å². The first-order valence-electron chi connectivity index (χ1n) is 11.6. The van der Waals surface area contributed by atoms with E-state index in [1.807, 2.05) is 24.3 Å². The Balaban J connectivity index is 1.14. The number of amides is 1. The van der Waals surface area contributed by atoms with Gasteiger partial charge in [-0.25, -0.2) is 0 Å². The molecule has 2 aromatic carbocycles. The predicted molar refractivity (Wildman–Crippen MR) is 125 cm³/mol. The molecule has 3 heterocycles. The lowest BCUT2D eigenvalue weighted by molar-refractivity contribution is -0.117. The molecule has 0 bridgehead atoms. The van der Waals surface area contributed by atoms with E-state index >= 15 is 0 Å². The Labute approximate surface area is 186 Å². The summed E-state index contributed by atoms with van der Waals surface area (Å²) >= 11 is 0. The Hall–Kier alpha value is -2.74. The van der Waals surface area contributed by atoms with Crippen molar-refractivity contribution < 1.29 is 9.53 Å². The van der Waals surface area contributed by atoms with E-state index in [4.69, 9.17) is 4.74 Å². The van der Waals surface area contributed by atoms with E-state index in [0.29, 0.717) is 12.6 Å². The topological polar surface area (TPSA) is 77.7 Å². The van der Waals surface area contributed by atoms with Crippen LogP contribution in [0.15, 0.2) is 35.1 Å². The third-order valence-corrected chi connectivity index (χ3v) is 7.17. The van der Waals surface area contributed by atoms with Crippen molar-refractivity contribution in [3.8, 4) is 0 Å². The van der Waals surface area contributed by atoms with Gasteiger partial charge in [0.2, 0.25) is 5.91 Å². The molecule has 7 heteroatoms. The molecule has 3 aromatic rings. The fraction of sp³-hybridized carbons (Fsp3) is 0.440. The van der Waals surface area contributed by atoms with E-state index in [2.05, 4.69) is 26.2 Å². The Morgan fingerprint density at radius 2 is 1.94 bits per heavy atom. The summed E-state index contributed by atoms with van der Waals surface area (Å²) in [7, 11) is 0. The molecule has 0 saturated carbocycles. The number of anilines is 1. The van der Waals surface area contributed by atoms with Crippen molar-refractivity contribution in [1.82, 2.24) is 14.8 Å². The number of benzene rings is 2. The second kappa shape index (κ2) is 7.99. The van der Waals surface area contributed by atoms with Crippen molar-refractivity contribution in [3.63, 3.8) is 0 Å². The van der Waals surface area contributed by atoms with Crippen LogP contribution in [0.4, 0.5) is 5.69 Å². The lowest BCUT2D eigenvalue weighted by Gasteiger charge is -2.35. The Bertz CT molecular complexity index is 1250. The third-order valence-electron chi connectivity index (χ3n) is 7.17. The number of aromatic nitrogens is 1. The molecule has 1 unspecified atom stereocenters. The predicted octanol–water partition coefficient (Wildman–Crippen LogP) is 2.32. The van der Waals surface area contributed by atoms with Crippen molar-refractivity contribution in [2.45, 2.75) is 25.4 Å². The van der Waals surface area contributed by atoms with Crippen LogP contribution in [0.1, 0.15) is 24.0 Å². The minimum Gasteiger partial charge on any atom is -0.377 e. The number of pyridine rings is 1. The number of nitrogens with one attached hydrogen (secondary N) is 2. The summed E-state index contributed by atoms with van der Waals surface area (Å²) in [5.74, 6) is 0.0183. The van der Waals surface area contributed by atoms with Crippen LogP contribution < -0.4 is 10.9 Å². The zero-order chi connectivity index (χ0) is 21.7. The summed E-state index contributed by atoms with van der Waals surface area (Å²) in [6, 6.07) is 9.70. The fourth-order valence-corrected chi connectivity index (χ4v) is 5.55. The zero-order valence-electron chi connectivity index (χ0n) is 18.2. The first-order chi connectivity index (χ1) is 15.7. The molecule has 1 atom stereocenters. The van der Waals surface area contributed by atoms with Gasteiger partial charge in [-0.15, -0.1) is 0 Å². The Kier molecular flexibility index (Phi) is 4.97. The Morgan fingerprint density at radius 3 is 2.75 bits per heavy atom. The van der Waals surface area contributed by atoms with Gasteiger partial charge >= 0.3 is 0 Å². The molecule has 2 aliphatic heterocycles. The van der Waals surface area contributed by atoms with E-state index in [9.17, 15) is 9.59 Å². The van der Waals surface area contributed by atoms with Crippen LogP contribution in [0.2, 0.25) is 0 Å². The highest BCUT2D eigenvalue weighted by molar-refractivity contribution is 6.14. The highest BCUT2D eigenvalue weighted by Crippen LogP contribution is 2.39. The van der Waals surface area contributed by atoms with E-state index in [1.165, 1.54) is 12.8 Å². The molecule has 2 N–H and O–H groups in total. The van der Waals surface area contributed by atoms with Gasteiger partial charge in [-0.05, 0) is 42.2 Å². The number of piperazine rings is 1. The van der Waals surface area contributed by atoms with Gasteiger partial charge in [0.15, 0.2) is 0 Å². The van der Waals surface area contributed by atoms with Crippen molar-refractivity contribution in [2.24, 2.45) is 0 Å². The van der Waals surface area contributed by atoms with Crippen LogP contribution in [-0.2, 0) is 16.0 Å². The number of aromatic amines is 1. The van der Waals surface area contributed by atoms with E-state index < -0.39 is 0 Å². The number of hydrogen-bond donors (Lipinski definition) is 2. The van der Waals surface area contributed by atoms with Gasteiger partial charge in [-0.3, -0.25) is 19.4 Å². The molecule has 3 aliphatic rings. The van der Waals surface area contributed by atoms with Gasteiger partial charge < -0.3 is 15.0 Å². The average Bonchev–Trinajstić information content (AvgIpc) is 3.44. The second-order valence-corrected chi connectivity index (χ2v) is 9.24. The first-order valence-corrected chi connectivity index (χ1v) is 11.6. The lowest BCUT2D eigenvalue weighted by atomic mass is 10.1. The number of rotatable bonds is 5. The van der Waals surface area contributed by atoms with Crippen LogP contribution in [0.25, 0.3) is 21.7 Å². The van der Waals surface area contributed by atoms with Crippen LogP contribution in [0.5, 0.6) is 0 Å². The van der Waals surface area contributed by atoms with Crippen LogP contribution in [-0.4, -0.2) is 72.7 Å². The van der Waals surface area contributed by atoms with Crippen LogP contribution >= 0.6 is 0 Å². The van der Waals surface area contributed by atoms with E-state index in [0.717, 1.165) is 84.2 Å². The van der Waals surface area contributed by atoms with Crippen LogP contribution in [0.3, 0.4) is 0 Å². The highest BCUT2D eigenvalue weighted by atomic mass is 16.5. The average molecular weight is 433 g/mol. The third kappa shape index (κ3) is 3.50. The molecular weight excluding hydrogens is 404 g/mol. The zero-order valence-corrected chi connectivity index (χ0v) is 18.2. The highest BCUT2D eigenvalue weighted by Gasteiger charge is 2.25. The number of ether oxygens (including phenoxy) is 1. The largest absolute Gasteiger partial charge is 0.377 e. The monoisotopic (exact) mass is 432 g/mol. The lowest BCUT2D eigenvalue weighted by Crippen LogP contribution is -2.50. The summed E-state index contributed by atoms with van der Waals surface area (Å²) in [5, 5.41) is 5.96. The molecule has 32 heavy (non-hydrogen) atoms. The van der Waals surface area contributed by atoms with Gasteiger partial charge in [0.25, 0.3) is 5.56 Å². The SMILES string of the molecule is O=C(CN1CCN(CC2CCCO2)CC1)Nc1ccc2[nH]c(=O)c3cccc4c3c2c1C4. The number of carbonyl (C=O) groups excluding carboxylic acids is 1. The number of H-pyrrole nitrogens is 1. The fourth-order valence-electron chi connectivity index (χ4n) is 5.55. The van der Waals surface area contributed by atoms with Crippen molar-refractivity contribution >= 4 is 33.3 Å². The summed E-state index contributed by atoms with van der Waals surface area (Å²) in [4.78, 5) is 33.0. The second-order valence-electron chi connectivity index (χ2n) is 9.24. The quantitative estimate of drug-likeness (QED) is 0.474. The van der Waals surface area contributed by atoms with E-state index in [1.54, 1.807) is 0 Å². The molecule has 2 saturated heterocycles. The maximum Gasteiger partial charge on any atom is 0.256 e. The molecule has 1 aromatic heterocycles. The van der Waals surface area contributed by atoms with Crippen molar-refractivity contribution in [1.29, 1.82) is 0 Å². The molecule has 6 rings (SSSR count). The number of carbonyl (C=O) groups is 1. The Morgan fingerprint density at radius 1 is 1.09 bits per heavy atom. The number of nitrogens with zero attached hydrogens (tertiary/aromatic N) is 2. The number of hydrogen-bond acceptors (Lipinski definition) is 5. The minimum atomic E-state index is -0.0578.